The van der Waals surface area contributed by atoms with Gasteiger partial charge in [-0.15, -0.1) is 24.0 Å². The van der Waals surface area contributed by atoms with Gasteiger partial charge in [0, 0.05) is 11.6 Å². The molecule has 0 aliphatic heterocycles. The molecule has 0 saturated heterocycles. The molecule has 7 heteroatoms. The molecule has 1 aliphatic carbocycles. The lowest BCUT2D eigenvalue weighted by atomic mass is 10.0. The molecule has 2 aromatic rings. The number of nitrogens with zero attached hydrogens (tertiary/aromatic N) is 2. The van der Waals surface area contributed by atoms with E-state index in [2.05, 4.69) is 41.3 Å². The molecule has 1 fully saturated rings. The van der Waals surface area contributed by atoms with Crippen LogP contribution in [0.3, 0.4) is 0 Å². The van der Waals surface area contributed by atoms with Gasteiger partial charge in [0.2, 0.25) is 0 Å². The van der Waals surface area contributed by atoms with Crippen LogP contribution < -0.4 is 11.1 Å². The smallest absolute Gasteiger partial charge is 0.339 e. The summed E-state index contributed by atoms with van der Waals surface area (Å²) in [5, 5.41) is 3.12. The number of carbonyl (C=O) groups excluding carboxylic acids is 1. The minimum Gasteiger partial charge on any atom is -0.465 e. The molecule has 1 aromatic heterocycles. The van der Waals surface area contributed by atoms with E-state index in [0.717, 1.165) is 29.9 Å². The van der Waals surface area contributed by atoms with Crippen molar-refractivity contribution < 1.29 is 9.53 Å². The molecule has 0 atom stereocenters. The first-order chi connectivity index (χ1) is 13.0. The molecule has 0 unspecified atom stereocenters. The summed E-state index contributed by atoms with van der Waals surface area (Å²) in [7, 11) is 1.39. The molecule has 1 aliphatic rings. The molecule has 0 radical (unpaired) electrons. The van der Waals surface area contributed by atoms with Crippen molar-refractivity contribution in [3.8, 4) is 0 Å². The highest BCUT2D eigenvalue weighted by Crippen LogP contribution is 2.40. The quantitative estimate of drug-likeness (QED) is 0.269. The summed E-state index contributed by atoms with van der Waals surface area (Å²) in [6.45, 7) is 4.65. The molecule has 3 N–H and O–H groups in total. The number of halogens is 1. The summed E-state index contributed by atoms with van der Waals surface area (Å²) >= 11 is 0. The summed E-state index contributed by atoms with van der Waals surface area (Å²) in [4.78, 5) is 20.9. The Morgan fingerprint density at radius 1 is 1.32 bits per heavy atom. The second-order valence-corrected chi connectivity index (χ2v) is 7.11. The highest BCUT2D eigenvalue weighted by atomic mass is 127. The zero-order chi connectivity index (χ0) is 19.4. The lowest BCUT2D eigenvalue weighted by Gasteiger charge is -2.10. The van der Waals surface area contributed by atoms with Gasteiger partial charge < -0.3 is 15.8 Å². The van der Waals surface area contributed by atoms with Crippen LogP contribution in [0.15, 0.2) is 41.4 Å². The van der Waals surface area contributed by atoms with E-state index in [4.69, 9.17) is 10.5 Å². The topological polar surface area (TPSA) is 89.6 Å². The third-order valence-corrected chi connectivity index (χ3v) is 4.59. The van der Waals surface area contributed by atoms with Crippen molar-refractivity contribution in [1.82, 2.24) is 4.98 Å². The summed E-state index contributed by atoms with van der Waals surface area (Å²) in [6, 6.07) is 11.7. The minimum absolute atomic E-state index is 0. The summed E-state index contributed by atoms with van der Waals surface area (Å²) in [6.07, 6.45) is 2.11. The van der Waals surface area contributed by atoms with Gasteiger partial charge in [0.05, 0.1) is 30.6 Å². The van der Waals surface area contributed by atoms with E-state index in [1.165, 1.54) is 12.7 Å². The first-order valence-corrected chi connectivity index (χ1v) is 9.23. The van der Waals surface area contributed by atoms with E-state index in [0.29, 0.717) is 29.9 Å². The summed E-state index contributed by atoms with van der Waals surface area (Å²) in [5.74, 6) is 0.786. The number of hydrogen-bond acceptors (Lipinski definition) is 4. The number of aromatic nitrogens is 1. The number of carbonyl (C=O) groups is 1. The van der Waals surface area contributed by atoms with Gasteiger partial charge in [-0.05, 0) is 48.6 Å². The first-order valence-electron chi connectivity index (χ1n) is 9.23. The molecule has 1 saturated carbocycles. The van der Waals surface area contributed by atoms with Crippen LogP contribution in [-0.4, -0.2) is 24.0 Å². The molecule has 1 aromatic carbocycles. The van der Waals surface area contributed by atoms with Gasteiger partial charge in [0.15, 0.2) is 5.96 Å². The van der Waals surface area contributed by atoms with E-state index in [1.54, 1.807) is 12.1 Å². The Balaban J connectivity index is 0.00000280. The molecule has 6 nitrogen and oxygen atoms in total. The number of anilines is 1. The second-order valence-electron chi connectivity index (χ2n) is 7.11. The number of rotatable bonds is 6. The fourth-order valence-electron chi connectivity index (χ4n) is 2.88. The van der Waals surface area contributed by atoms with E-state index in [1.807, 2.05) is 12.1 Å². The largest absolute Gasteiger partial charge is 0.465 e. The third kappa shape index (κ3) is 5.67. The Bertz CT molecular complexity index is 863. The highest BCUT2D eigenvalue weighted by Gasteiger charge is 2.30. The van der Waals surface area contributed by atoms with Crippen molar-refractivity contribution >= 4 is 41.6 Å². The van der Waals surface area contributed by atoms with Gasteiger partial charge in [-0.2, -0.15) is 0 Å². The number of benzene rings is 1. The number of nitrogens with two attached hydrogens (primary N) is 1. The standard InChI is InChI=1S/C21H26N4O2.HI/c1-13(2)15-5-4-6-16(11-15)25-21(22)23-12-17-9-10-18(20(26)27-3)19(24-17)14-7-8-14;/h4-6,9-11,13-14H,7-8,12H2,1-3H3,(H3,22,23,25);1H. The van der Waals surface area contributed by atoms with Gasteiger partial charge in [-0.3, -0.25) is 4.98 Å². The molecular formula is C21H27IN4O2. The van der Waals surface area contributed by atoms with Crippen LogP contribution in [0.1, 0.15) is 65.8 Å². The van der Waals surface area contributed by atoms with Crippen molar-refractivity contribution in [1.29, 1.82) is 0 Å². The molecule has 0 amide bonds. The summed E-state index contributed by atoms with van der Waals surface area (Å²) in [5.41, 5.74) is 10.3. The van der Waals surface area contributed by atoms with Gasteiger partial charge in [0.1, 0.15) is 0 Å². The maximum absolute atomic E-state index is 11.9. The van der Waals surface area contributed by atoms with Crippen LogP contribution >= 0.6 is 24.0 Å². The number of guanidine groups is 1. The fraction of sp³-hybridized carbons (Fsp3) is 0.381. The maximum Gasteiger partial charge on any atom is 0.339 e. The number of ether oxygens (including phenoxy) is 1. The molecule has 0 spiro atoms. The second kappa shape index (κ2) is 9.86. The number of pyridine rings is 1. The third-order valence-electron chi connectivity index (χ3n) is 4.59. The Morgan fingerprint density at radius 3 is 2.71 bits per heavy atom. The highest BCUT2D eigenvalue weighted by molar-refractivity contribution is 14.0. The zero-order valence-electron chi connectivity index (χ0n) is 16.4. The van der Waals surface area contributed by atoms with Crippen molar-refractivity contribution in [2.45, 2.75) is 45.1 Å². The van der Waals surface area contributed by atoms with Crippen LogP contribution in [0.5, 0.6) is 0 Å². The monoisotopic (exact) mass is 494 g/mol. The molecule has 0 bridgehead atoms. The molecular weight excluding hydrogens is 467 g/mol. The minimum atomic E-state index is -0.342. The van der Waals surface area contributed by atoms with E-state index >= 15 is 0 Å². The lowest BCUT2D eigenvalue weighted by molar-refractivity contribution is 0.0598. The van der Waals surface area contributed by atoms with Crippen LogP contribution in [-0.2, 0) is 11.3 Å². The Hall–Kier alpha value is -2.16. The lowest BCUT2D eigenvalue weighted by Crippen LogP contribution is -2.22. The predicted octanol–water partition coefficient (Wildman–Crippen LogP) is 4.41. The number of methoxy groups -OCH3 is 1. The van der Waals surface area contributed by atoms with E-state index in [-0.39, 0.29) is 29.9 Å². The van der Waals surface area contributed by atoms with Gasteiger partial charge in [0.25, 0.3) is 0 Å². The first kappa shape index (κ1) is 22.1. The molecule has 150 valence electrons. The average Bonchev–Trinajstić information content (AvgIpc) is 3.51. The summed E-state index contributed by atoms with van der Waals surface area (Å²) < 4.78 is 4.85. The van der Waals surface area contributed by atoms with Crippen molar-refractivity contribution in [2.24, 2.45) is 10.7 Å². The number of esters is 1. The van der Waals surface area contributed by atoms with Gasteiger partial charge >= 0.3 is 5.97 Å². The molecule has 28 heavy (non-hydrogen) atoms. The number of nitrogens with one attached hydrogen (secondary N) is 1. The predicted molar refractivity (Wildman–Crippen MR) is 122 cm³/mol. The van der Waals surface area contributed by atoms with E-state index in [9.17, 15) is 4.79 Å². The zero-order valence-corrected chi connectivity index (χ0v) is 18.8. The fourth-order valence-corrected chi connectivity index (χ4v) is 2.88. The number of aliphatic imine (C=N–C) groups is 1. The maximum atomic E-state index is 11.9. The van der Waals surface area contributed by atoms with Crippen molar-refractivity contribution in [3.05, 3.63) is 58.9 Å². The van der Waals surface area contributed by atoms with Crippen LogP contribution in [0.2, 0.25) is 0 Å². The van der Waals surface area contributed by atoms with Crippen LogP contribution in [0.25, 0.3) is 0 Å². The normalized spacial score (nSPS) is 13.8. The SMILES string of the molecule is COC(=O)c1ccc(CN=C(N)Nc2cccc(C(C)C)c2)nc1C1CC1.I. The average molecular weight is 494 g/mol. The van der Waals surface area contributed by atoms with Crippen molar-refractivity contribution in [3.63, 3.8) is 0 Å². The van der Waals surface area contributed by atoms with Crippen LogP contribution in [0.4, 0.5) is 5.69 Å². The van der Waals surface area contributed by atoms with Crippen LogP contribution in [0, 0.1) is 0 Å². The molecule has 3 rings (SSSR count). The Morgan fingerprint density at radius 2 is 2.07 bits per heavy atom. The Kier molecular flexibility index (Phi) is 7.79. The molecule has 1 heterocycles. The van der Waals surface area contributed by atoms with E-state index < -0.39 is 0 Å². The van der Waals surface area contributed by atoms with Gasteiger partial charge in [-0.25, -0.2) is 9.79 Å². The van der Waals surface area contributed by atoms with Gasteiger partial charge in [-0.1, -0.05) is 26.0 Å². The Labute approximate surface area is 183 Å². The number of hydrogen-bond donors (Lipinski definition) is 2. The van der Waals surface area contributed by atoms with Crippen molar-refractivity contribution in [2.75, 3.05) is 12.4 Å².